The van der Waals surface area contributed by atoms with Crippen molar-refractivity contribution in [3.05, 3.63) is 0 Å². The Hall–Kier alpha value is -0.610. The molecule has 4 nitrogen and oxygen atoms in total. The van der Waals surface area contributed by atoms with Crippen molar-refractivity contribution in [1.82, 2.24) is 15.1 Å². The zero-order valence-electron chi connectivity index (χ0n) is 11.5. The van der Waals surface area contributed by atoms with E-state index in [-0.39, 0.29) is 11.4 Å². The predicted molar refractivity (Wildman–Crippen MR) is 68.8 cm³/mol. The van der Waals surface area contributed by atoms with Crippen molar-refractivity contribution in [3.63, 3.8) is 0 Å². The summed E-state index contributed by atoms with van der Waals surface area (Å²) in [7, 11) is 2.19. The number of nitrogens with one attached hydrogen (secondary N) is 1. The van der Waals surface area contributed by atoms with Gasteiger partial charge < -0.3 is 10.2 Å². The van der Waals surface area contributed by atoms with Gasteiger partial charge in [0.1, 0.15) is 0 Å². The summed E-state index contributed by atoms with van der Waals surface area (Å²) in [6.07, 6.45) is 0. The van der Waals surface area contributed by atoms with E-state index in [9.17, 15) is 4.79 Å². The van der Waals surface area contributed by atoms with Crippen molar-refractivity contribution < 1.29 is 4.79 Å². The Kier molecular flexibility index (Phi) is 3.46. The van der Waals surface area contributed by atoms with Crippen LogP contribution in [-0.2, 0) is 4.79 Å². The number of hydrogen-bond donors (Lipinski definition) is 1. The van der Waals surface area contributed by atoms with Gasteiger partial charge in [0.15, 0.2) is 0 Å². The minimum absolute atomic E-state index is 0.118. The SMILES string of the molecule is CN1CC2CN(CC(=O)NC(C)(C)C)CC2C1. The maximum absolute atomic E-state index is 11.8. The number of likely N-dealkylation sites (tertiary alicyclic amines) is 2. The third-order valence-corrected chi connectivity index (χ3v) is 3.63. The second kappa shape index (κ2) is 4.58. The molecule has 0 aromatic heterocycles. The molecule has 0 radical (unpaired) electrons. The summed E-state index contributed by atoms with van der Waals surface area (Å²) in [5.74, 6) is 1.72. The molecule has 17 heavy (non-hydrogen) atoms. The van der Waals surface area contributed by atoms with Crippen molar-refractivity contribution in [1.29, 1.82) is 0 Å². The Morgan fingerprint density at radius 2 is 1.71 bits per heavy atom. The molecule has 2 saturated heterocycles. The second-order valence-corrected chi connectivity index (χ2v) is 6.73. The van der Waals surface area contributed by atoms with Crippen molar-refractivity contribution in [2.75, 3.05) is 39.8 Å². The number of carbonyl (C=O) groups is 1. The Morgan fingerprint density at radius 3 is 2.18 bits per heavy atom. The van der Waals surface area contributed by atoms with Gasteiger partial charge >= 0.3 is 0 Å². The maximum atomic E-state index is 11.8. The van der Waals surface area contributed by atoms with Crippen LogP contribution in [0.3, 0.4) is 0 Å². The number of nitrogens with zero attached hydrogens (tertiary/aromatic N) is 2. The fraction of sp³-hybridized carbons (Fsp3) is 0.923. The molecule has 1 N–H and O–H groups in total. The van der Waals surface area contributed by atoms with Gasteiger partial charge in [0.25, 0.3) is 0 Å². The van der Waals surface area contributed by atoms with Crippen molar-refractivity contribution in [3.8, 4) is 0 Å². The van der Waals surface area contributed by atoms with Crippen LogP contribution in [0.2, 0.25) is 0 Å². The van der Waals surface area contributed by atoms with Crippen LogP contribution in [0.1, 0.15) is 20.8 Å². The maximum Gasteiger partial charge on any atom is 0.234 e. The lowest BCUT2D eigenvalue weighted by atomic mass is 10.0. The number of hydrogen-bond acceptors (Lipinski definition) is 3. The van der Waals surface area contributed by atoms with Crippen LogP contribution in [0.15, 0.2) is 0 Å². The molecule has 4 heteroatoms. The molecule has 0 aromatic carbocycles. The van der Waals surface area contributed by atoms with Gasteiger partial charge in [-0.05, 0) is 39.7 Å². The summed E-state index contributed by atoms with van der Waals surface area (Å²) in [6, 6.07) is 0. The predicted octanol–water partition coefficient (Wildman–Crippen LogP) is 0.395. The summed E-state index contributed by atoms with van der Waals surface area (Å²) < 4.78 is 0. The molecule has 2 atom stereocenters. The molecule has 2 heterocycles. The molecule has 2 aliphatic heterocycles. The molecule has 2 aliphatic rings. The minimum Gasteiger partial charge on any atom is -0.350 e. The molecular formula is C13H25N3O. The first kappa shape index (κ1) is 12.8. The number of fused-ring (bicyclic) bond motifs is 1. The molecule has 0 spiro atoms. The highest BCUT2D eigenvalue weighted by atomic mass is 16.2. The Bertz CT molecular complexity index is 284. The molecule has 98 valence electrons. The van der Waals surface area contributed by atoms with Gasteiger partial charge in [0, 0.05) is 31.7 Å². The number of carbonyl (C=O) groups excluding carboxylic acids is 1. The van der Waals surface area contributed by atoms with E-state index in [4.69, 9.17) is 0 Å². The molecule has 2 rings (SSSR count). The lowest BCUT2D eigenvalue weighted by Gasteiger charge is -2.23. The molecule has 0 saturated carbocycles. The zero-order chi connectivity index (χ0) is 12.6. The van der Waals surface area contributed by atoms with Crippen LogP contribution in [-0.4, -0.2) is 61.0 Å². The van der Waals surface area contributed by atoms with Crippen LogP contribution in [0.5, 0.6) is 0 Å². The van der Waals surface area contributed by atoms with Gasteiger partial charge in [-0.2, -0.15) is 0 Å². The third kappa shape index (κ3) is 3.42. The summed E-state index contributed by atoms with van der Waals surface area (Å²) in [5.41, 5.74) is -0.118. The van der Waals surface area contributed by atoms with Crippen LogP contribution in [0.4, 0.5) is 0 Å². The number of rotatable bonds is 2. The lowest BCUT2D eigenvalue weighted by molar-refractivity contribution is -0.123. The van der Waals surface area contributed by atoms with Crippen molar-refractivity contribution >= 4 is 5.91 Å². The first-order valence-electron chi connectivity index (χ1n) is 6.55. The van der Waals surface area contributed by atoms with Crippen LogP contribution >= 0.6 is 0 Å². The van der Waals surface area contributed by atoms with E-state index in [0.717, 1.165) is 24.9 Å². The molecule has 2 unspecified atom stereocenters. The zero-order valence-corrected chi connectivity index (χ0v) is 11.5. The standard InChI is InChI=1S/C13H25N3O/c1-13(2,3)14-12(17)9-16-7-10-5-15(4)6-11(10)8-16/h10-11H,5-9H2,1-4H3,(H,14,17). The lowest BCUT2D eigenvalue weighted by Crippen LogP contribution is -2.45. The second-order valence-electron chi connectivity index (χ2n) is 6.73. The average molecular weight is 239 g/mol. The normalized spacial score (nSPS) is 30.6. The number of amides is 1. The largest absolute Gasteiger partial charge is 0.350 e. The summed E-state index contributed by atoms with van der Waals surface area (Å²) in [4.78, 5) is 16.5. The fourth-order valence-corrected chi connectivity index (χ4v) is 3.11. The van der Waals surface area contributed by atoms with Crippen LogP contribution < -0.4 is 5.32 Å². The summed E-state index contributed by atoms with van der Waals surface area (Å²) in [6.45, 7) is 11.2. The third-order valence-electron chi connectivity index (χ3n) is 3.63. The molecule has 2 fully saturated rings. The molecule has 0 bridgehead atoms. The highest BCUT2D eigenvalue weighted by Crippen LogP contribution is 2.29. The van der Waals surface area contributed by atoms with Gasteiger partial charge in [-0.1, -0.05) is 0 Å². The molecular weight excluding hydrogens is 214 g/mol. The van der Waals surface area contributed by atoms with E-state index >= 15 is 0 Å². The molecule has 0 aromatic rings. The van der Waals surface area contributed by atoms with E-state index in [1.165, 1.54) is 13.1 Å². The molecule has 0 aliphatic carbocycles. The van der Waals surface area contributed by atoms with Gasteiger partial charge in [-0.3, -0.25) is 9.69 Å². The van der Waals surface area contributed by atoms with Gasteiger partial charge in [0.05, 0.1) is 6.54 Å². The van der Waals surface area contributed by atoms with E-state index in [2.05, 4.69) is 22.2 Å². The average Bonchev–Trinajstić information content (AvgIpc) is 2.56. The van der Waals surface area contributed by atoms with E-state index in [0.29, 0.717) is 6.54 Å². The Morgan fingerprint density at radius 1 is 1.18 bits per heavy atom. The Labute approximate surface area is 104 Å². The highest BCUT2D eigenvalue weighted by Gasteiger charge is 2.39. The first-order valence-corrected chi connectivity index (χ1v) is 6.55. The summed E-state index contributed by atoms with van der Waals surface area (Å²) >= 11 is 0. The monoisotopic (exact) mass is 239 g/mol. The first-order chi connectivity index (χ1) is 7.83. The van der Waals surface area contributed by atoms with Gasteiger partial charge in [-0.25, -0.2) is 0 Å². The quantitative estimate of drug-likeness (QED) is 0.757. The van der Waals surface area contributed by atoms with Crippen molar-refractivity contribution in [2.24, 2.45) is 11.8 Å². The minimum atomic E-state index is -0.118. The topological polar surface area (TPSA) is 35.6 Å². The van der Waals surface area contributed by atoms with Crippen molar-refractivity contribution in [2.45, 2.75) is 26.3 Å². The van der Waals surface area contributed by atoms with E-state index in [1.807, 2.05) is 20.8 Å². The Balaban J connectivity index is 1.77. The van der Waals surface area contributed by atoms with Gasteiger partial charge in [-0.15, -0.1) is 0 Å². The van der Waals surface area contributed by atoms with Crippen LogP contribution in [0.25, 0.3) is 0 Å². The van der Waals surface area contributed by atoms with Gasteiger partial charge in [0.2, 0.25) is 5.91 Å². The smallest absolute Gasteiger partial charge is 0.234 e. The molecule has 1 amide bonds. The van der Waals surface area contributed by atoms with Crippen LogP contribution in [0, 0.1) is 11.8 Å². The van der Waals surface area contributed by atoms with E-state index < -0.39 is 0 Å². The summed E-state index contributed by atoms with van der Waals surface area (Å²) in [5, 5.41) is 3.03. The van der Waals surface area contributed by atoms with E-state index in [1.54, 1.807) is 0 Å². The fourth-order valence-electron chi connectivity index (χ4n) is 3.11. The highest BCUT2D eigenvalue weighted by molar-refractivity contribution is 5.78.